The van der Waals surface area contributed by atoms with Crippen molar-refractivity contribution < 1.29 is 4.42 Å². The minimum Gasteiger partial charge on any atom is -0.431 e. The van der Waals surface area contributed by atoms with E-state index in [1.807, 2.05) is 24.3 Å². The maximum Gasteiger partial charge on any atom is 0.257 e. The molecule has 0 fully saturated rings. The summed E-state index contributed by atoms with van der Waals surface area (Å²) in [6.45, 7) is 4.49. The summed E-state index contributed by atoms with van der Waals surface area (Å²) in [6.07, 6.45) is 2.15. The van der Waals surface area contributed by atoms with Crippen molar-refractivity contribution in [3.8, 4) is 0 Å². The number of thioether (sulfide) groups is 1. The van der Waals surface area contributed by atoms with Crippen molar-refractivity contribution in [3.63, 3.8) is 0 Å². The second-order valence-corrected chi connectivity index (χ2v) is 7.45. The third-order valence-corrected chi connectivity index (χ3v) is 4.60. The van der Waals surface area contributed by atoms with E-state index in [0.29, 0.717) is 0 Å². The average Bonchev–Trinajstić information content (AvgIpc) is 2.87. The maximum absolute atomic E-state index is 5.81. The predicted octanol–water partition coefficient (Wildman–Crippen LogP) is 5.33. The van der Waals surface area contributed by atoms with Gasteiger partial charge >= 0.3 is 0 Å². The highest BCUT2D eigenvalue weighted by atomic mass is 32.2. The quantitative estimate of drug-likeness (QED) is 0.595. The van der Waals surface area contributed by atoms with Crippen LogP contribution in [0.2, 0.25) is 0 Å². The van der Waals surface area contributed by atoms with E-state index in [4.69, 9.17) is 4.42 Å². The van der Waals surface area contributed by atoms with Crippen LogP contribution in [0.25, 0.3) is 11.1 Å². The van der Waals surface area contributed by atoms with Gasteiger partial charge in [-0.05, 0) is 30.5 Å². The topological polar surface area (TPSA) is 26.0 Å². The Bertz CT molecular complexity index is 685. The minimum absolute atomic E-state index is 0.0940. The second-order valence-electron chi connectivity index (χ2n) is 5.79. The van der Waals surface area contributed by atoms with Crippen LogP contribution in [0, 0.1) is 0 Å². The van der Waals surface area contributed by atoms with Crippen LogP contribution in [0.4, 0.5) is 0 Å². The first kappa shape index (κ1) is 14.2. The van der Waals surface area contributed by atoms with E-state index in [9.17, 15) is 0 Å². The molecule has 0 bridgehead atoms. The van der Waals surface area contributed by atoms with Crippen LogP contribution in [0.5, 0.6) is 0 Å². The Morgan fingerprint density at radius 2 is 1.71 bits per heavy atom. The number of nitrogens with zero attached hydrogens (tertiary/aromatic N) is 1. The number of aryl methyl sites for hydroxylation is 1. The number of hydrogen-bond donors (Lipinski definition) is 0. The number of fused-ring (bicyclic) bond motifs is 1. The zero-order chi connectivity index (χ0) is 14.7. The van der Waals surface area contributed by atoms with Gasteiger partial charge in [-0.1, -0.05) is 68.1 Å². The van der Waals surface area contributed by atoms with E-state index < -0.39 is 0 Å². The summed E-state index contributed by atoms with van der Waals surface area (Å²) in [7, 11) is 0. The molecule has 1 heterocycles. The molecule has 2 aromatic carbocycles. The monoisotopic (exact) mass is 297 g/mol. The lowest BCUT2D eigenvalue weighted by Gasteiger charge is -2.21. The molecule has 108 valence electrons. The van der Waals surface area contributed by atoms with Gasteiger partial charge in [-0.2, -0.15) is 0 Å². The Labute approximate surface area is 129 Å². The molecule has 0 N–H and O–H groups in total. The van der Waals surface area contributed by atoms with Gasteiger partial charge in [0, 0.05) is 4.75 Å². The summed E-state index contributed by atoms with van der Waals surface area (Å²) >= 11 is 1.71. The third kappa shape index (κ3) is 3.67. The first-order valence-corrected chi connectivity index (χ1v) is 8.03. The average molecular weight is 297 g/mol. The van der Waals surface area contributed by atoms with Crippen molar-refractivity contribution in [2.75, 3.05) is 0 Å². The molecule has 0 aliphatic rings. The third-order valence-electron chi connectivity index (χ3n) is 3.50. The number of oxazole rings is 1. The van der Waals surface area contributed by atoms with E-state index >= 15 is 0 Å². The van der Waals surface area contributed by atoms with E-state index in [1.165, 1.54) is 5.56 Å². The number of hydrogen-bond acceptors (Lipinski definition) is 3. The summed E-state index contributed by atoms with van der Waals surface area (Å²) in [5, 5.41) is 0.759. The van der Waals surface area contributed by atoms with Crippen LogP contribution in [0.1, 0.15) is 25.8 Å². The van der Waals surface area contributed by atoms with Gasteiger partial charge in [-0.3, -0.25) is 0 Å². The van der Waals surface area contributed by atoms with Gasteiger partial charge in [0.2, 0.25) is 0 Å². The van der Waals surface area contributed by atoms with Gasteiger partial charge in [0.25, 0.3) is 5.22 Å². The van der Waals surface area contributed by atoms with Crippen LogP contribution in [0.15, 0.2) is 64.2 Å². The Kier molecular flexibility index (Phi) is 4.02. The van der Waals surface area contributed by atoms with Crippen molar-refractivity contribution in [1.29, 1.82) is 0 Å². The van der Waals surface area contributed by atoms with Crippen molar-refractivity contribution in [3.05, 3.63) is 60.2 Å². The number of para-hydroxylation sites is 2. The Morgan fingerprint density at radius 1 is 1.00 bits per heavy atom. The zero-order valence-electron chi connectivity index (χ0n) is 12.4. The van der Waals surface area contributed by atoms with Crippen molar-refractivity contribution in [2.45, 2.75) is 36.7 Å². The molecule has 0 atom stereocenters. The fourth-order valence-electron chi connectivity index (χ4n) is 2.27. The Morgan fingerprint density at radius 3 is 2.48 bits per heavy atom. The summed E-state index contributed by atoms with van der Waals surface area (Å²) in [4.78, 5) is 4.55. The molecule has 0 spiro atoms. The van der Waals surface area contributed by atoms with Crippen molar-refractivity contribution in [2.24, 2.45) is 0 Å². The smallest absolute Gasteiger partial charge is 0.257 e. The summed E-state index contributed by atoms with van der Waals surface area (Å²) < 4.78 is 5.90. The fourth-order valence-corrected chi connectivity index (χ4v) is 3.22. The normalized spacial score (nSPS) is 11.9. The summed E-state index contributed by atoms with van der Waals surface area (Å²) in [6, 6.07) is 18.5. The van der Waals surface area contributed by atoms with Crippen LogP contribution in [0.3, 0.4) is 0 Å². The molecule has 3 aromatic rings. The van der Waals surface area contributed by atoms with Crippen LogP contribution < -0.4 is 0 Å². The predicted molar refractivity (Wildman–Crippen MR) is 88.7 cm³/mol. The number of benzene rings is 2. The lowest BCUT2D eigenvalue weighted by atomic mass is 10.0. The molecule has 0 radical (unpaired) electrons. The second kappa shape index (κ2) is 5.94. The minimum atomic E-state index is 0.0940. The van der Waals surface area contributed by atoms with Crippen LogP contribution in [-0.4, -0.2) is 9.73 Å². The van der Waals surface area contributed by atoms with Gasteiger partial charge in [0.05, 0.1) is 0 Å². The first-order chi connectivity index (χ1) is 10.1. The number of rotatable bonds is 5. The van der Waals surface area contributed by atoms with E-state index in [0.717, 1.165) is 29.2 Å². The van der Waals surface area contributed by atoms with Gasteiger partial charge in [0.1, 0.15) is 5.52 Å². The molecule has 0 saturated heterocycles. The first-order valence-electron chi connectivity index (χ1n) is 7.21. The molecular weight excluding hydrogens is 278 g/mol. The van der Waals surface area contributed by atoms with Crippen molar-refractivity contribution in [1.82, 2.24) is 4.98 Å². The lowest BCUT2D eigenvalue weighted by Crippen LogP contribution is -2.15. The van der Waals surface area contributed by atoms with Gasteiger partial charge in [-0.15, -0.1) is 0 Å². The highest BCUT2D eigenvalue weighted by molar-refractivity contribution is 8.00. The molecule has 0 amide bonds. The maximum atomic E-state index is 5.81. The molecular formula is C18H19NOS. The molecule has 3 rings (SSSR count). The standard InChI is InChI=1S/C18H19NOS/c1-18(2,13-12-14-8-4-3-5-9-14)21-17-19-15-10-6-7-11-16(15)20-17/h3-11H,12-13H2,1-2H3. The molecule has 2 nitrogen and oxygen atoms in total. The zero-order valence-corrected chi connectivity index (χ0v) is 13.2. The Hall–Kier alpha value is -1.74. The Balaban J connectivity index is 1.67. The van der Waals surface area contributed by atoms with E-state index in [-0.39, 0.29) is 4.75 Å². The molecule has 0 aliphatic heterocycles. The van der Waals surface area contributed by atoms with Crippen LogP contribution >= 0.6 is 11.8 Å². The lowest BCUT2D eigenvalue weighted by molar-refractivity contribution is 0.483. The highest BCUT2D eigenvalue weighted by Crippen LogP contribution is 2.36. The molecule has 21 heavy (non-hydrogen) atoms. The molecule has 3 heteroatoms. The highest BCUT2D eigenvalue weighted by Gasteiger charge is 2.22. The van der Waals surface area contributed by atoms with E-state index in [2.05, 4.69) is 49.2 Å². The van der Waals surface area contributed by atoms with Gasteiger partial charge in [-0.25, -0.2) is 4.98 Å². The van der Waals surface area contributed by atoms with Crippen molar-refractivity contribution >= 4 is 22.9 Å². The van der Waals surface area contributed by atoms with Gasteiger partial charge in [0.15, 0.2) is 5.58 Å². The molecule has 0 unspecified atom stereocenters. The molecule has 0 saturated carbocycles. The molecule has 0 aliphatic carbocycles. The summed E-state index contributed by atoms with van der Waals surface area (Å²) in [5.41, 5.74) is 3.17. The largest absolute Gasteiger partial charge is 0.431 e. The number of aromatic nitrogens is 1. The van der Waals surface area contributed by atoms with Crippen LogP contribution in [-0.2, 0) is 6.42 Å². The van der Waals surface area contributed by atoms with E-state index in [1.54, 1.807) is 11.8 Å². The summed E-state index contributed by atoms with van der Waals surface area (Å²) in [5.74, 6) is 0. The van der Waals surface area contributed by atoms with Gasteiger partial charge < -0.3 is 4.42 Å². The molecule has 1 aromatic heterocycles. The fraction of sp³-hybridized carbons (Fsp3) is 0.278. The SMILES string of the molecule is CC(C)(CCc1ccccc1)Sc1nc2ccccc2o1.